The van der Waals surface area contributed by atoms with Gasteiger partial charge in [-0.1, -0.05) is 60.4 Å². The summed E-state index contributed by atoms with van der Waals surface area (Å²) in [6.45, 7) is 6.03. The standard InChI is InChI=1S/C33H28I2N2O6S/c1-5-14-43-30-22(34)15-19(16-23(30)35)17-26-31(38)37-29(21-12-13-24(40-3)25(18-21)41-4)27(32(39)42-6-2)28(36-33(37)44-26)20-10-8-7-9-11-20/h5,7-13,15-18,29H,1,6,14H2,2-4H3/b26-17-/t29-/m0/s1. The molecule has 1 aliphatic rings. The first-order chi connectivity index (χ1) is 21.3. The van der Waals surface area contributed by atoms with Crippen LogP contribution in [-0.2, 0) is 9.53 Å². The van der Waals surface area contributed by atoms with Gasteiger partial charge in [0.05, 0.1) is 49.8 Å². The summed E-state index contributed by atoms with van der Waals surface area (Å²) in [5, 5.41) is 0. The lowest BCUT2D eigenvalue weighted by Gasteiger charge is -2.26. The van der Waals surface area contributed by atoms with Gasteiger partial charge in [0, 0.05) is 5.56 Å². The highest BCUT2D eigenvalue weighted by Crippen LogP contribution is 2.38. The number of hydrogen-bond donors (Lipinski definition) is 0. The zero-order valence-electron chi connectivity index (χ0n) is 24.1. The van der Waals surface area contributed by atoms with Crippen LogP contribution in [0.3, 0.4) is 0 Å². The Balaban J connectivity index is 1.79. The molecule has 11 heteroatoms. The van der Waals surface area contributed by atoms with Crippen LogP contribution in [0.5, 0.6) is 17.2 Å². The first kappa shape index (κ1) is 32.0. The second kappa shape index (κ2) is 14.1. The Bertz CT molecular complexity index is 1930. The lowest BCUT2D eigenvalue weighted by molar-refractivity contribution is -0.138. The molecule has 226 valence electrons. The number of nitrogens with zero attached hydrogens (tertiary/aromatic N) is 2. The molecule has 4 aromatic rings. The van der Waals surface area contributed by atoms with Gasteiger partial charge in [0.15, 0.2) is 16.3 Å². The average molecular weight is 834 g/mol. The van der Waals surface area contributed by atoms with E-state index in [1.54, 1.807) is 43.9 Å². The summed E-state index contributed by atoms with van der Waals surface area (Å²) in [5.41, 5.74) is 2.65. The molecule has 0 radical (unpaired) electrons. The largest absolute Gasteiger partial charge is 0.493 e. The molecule has 0 N–H and O–H groups in total. The van der Waals surface area contributed by atoms with Gasteiger partial charge in [0.25, 0.3) is 5.56 Å². The van der Waals surface area contributed by atoms with Crippen molar-refractivity contribution < 1.29 is 23.7 Å². The van der Waals surface area contributed by atoms with Crippen molar-refractivity contribution in [2.45, 2.75) is 13.0 Å². The van der Waals surface area contributed by atoms with Crippen LogP contribution in [0.4, 0.5) is 0 Å². The number of hydrogen-bond acceptors (Lipinski definition) is 8. The Kier molecular flexibility index (Phi) is 10.3. The molecule has 0 saturated carbocycles. The van der Waals surface area contributed by atoms with Gasteiger partial charge < -0.3 is 18.9 Å². The van der Waals surface area contributed by atoms with Gasteiger partial charge in [0.2, 0.25) is 0 Å². The van der Waals surface area contributed by atoms with Crippen LogP contribution in [-0.4, -0.2) is 38.0 Å². The van der Waals surface area contributed by atoms with Gasteiger partial charge in [-0.15, -0.1) is 0 Å². The summed E-state index contributed by atoms with van der Waals surface area (Å²) in [6, 6.07) is 17.9. The number of thiazole rings is 1. The fourth-order valence-corrected chi connectivity index (χ4v) is 8.00. The van der Waals surface area contributed by atoms with Crippen LogP contribution >= 0.6 is 56.5 Å². The molecule has 5 rings (SSSR count). The highest BCUT2D eigenvalue weighted by molar-refractivity contribution is 14.1. The minimum Gasteiger partial charge on any atom is -0.493 e. The van der Waals surface area contributed by atoms with E-state index in [1.807, 2.05) is 54.6 Å². The molecular weight excluding hydrogens is 806 g/mol. The van der Waals surface area contributed by atoms with Crippen LogP contribution in [0, 0.1) is 7.14 Å². The van der Waals surface area contributed by atoms with Gasteiger partial charge in [-0.25, -0.2) is 9.79 Å². The normalized spacial score (nSPS) is 14.5. The Labute approximate surface area is 285 Å². The third kappa shape index (κ3) is 6.35. The zero-order chi connectivity index (χ0) is 31.4. The SMILES string of the molecule is C=CCOc1c(I)cc(/C=c2\sc3n(c2=O)[C@@H](c2ccc(OC)c(OC)c2)C(C(=O)OCC)=C(c2ccccc2)N=3)cc1I. The third-order valence-corrected chi connectivity index (χ3v) is 9.35. The van der Waals surface area contributed by atoms with Crippen LogP contribution < -0.4 is 29.1 Å². The monoisotopic (exact) mass is 834 g/mol. The lowest BCUT2D eigenvalue weighted by Crippen LogP contribution is -2.40. The van der Waals surface area contributed by atoms with E-state index in [0.29, 0.717) is 38.7 Å². The number of esters is 1. The van der Waals surface area contributed by atoms with E-state index >= 15 is 0 Å². The molecule has 0 aliphatic carbocycles. The van der Waals surface area contributed by atoms with Crippen molar-refractivity contribution in [2.75, 3.05) is 27.4 Å². The Morgan fingerprint density at radius 2 is 1.75 bits per heavy atom. The highest BCUT2D eigenvalue weighted by Gasteiger charge is 2.35. The summed E-state index contributed by atoms with van der Waals surface area (Å²) in [5.74, 6) is 1.21. The van der Waals surface area contributed by atoms with E-state index in [-0.39, 0.29) is 17.7 Å². The average Bonchev–Trinajstić information content (AvgIpc) is 3.34. The predicted octanol–water partition coefficient (Wildman–Crippen LogP) is 5.73. The molecule has 2 heterocycles. The number of halogens is 2. The third-order valence-electron chi connectivity index (χ3n) is 6.76. The van der Waals surface area contributed by atoms with Crippen molar-refractivity contribution in [3.63, 3.8) is 0 Å². The van der Waals surface area contributed by atoms with Crippen molar-refractivity contribution in [3.05, 3.63) is 122 Å². The number of aromatic nitrogens is 1. The molecule has 0 fully saturated rings. The van der Waals surface area contributed by atoms with E-state index in [2.05, 4.69) is 51.8 Å². The lowest BCUT2D eigenvalue weighted by atomic mass is 9.93. The summed E-state index contributed by atoms with van der Waals surface area (Å²) in [7, 11) is 3.10. The first-order valence-electron chi connectivity index (χ1n) is 13.5. The number of rotatable bonds is 10. The van der Waals surface area contributed by atoms with Crippen LogP contribution in [0.25, 0.3) is 11.8 Å². The Morgan fingerprint density at radius 1 is 1.05 bits per heavy atom. The van der Waals surface area contributed by atoms with Crippen LogP contribution in [0.1, 0.15) is 29.7 Å². The van der Waals surface area contributed by atoms with E-state index in [0.717, 1.165) is 24.0 Å². The number of carbonyl (C=O) groups is 1. The molecule has 8 nitrogen and oxygen atoms in total. The molecule has 44 heavy (non-hydrogen) atoms. The molecule has 1 aromatic heterocycles. The van der Waals surface area contributed by atoms with Gasteiger partial charge in [-0.05, 0) is 93.6 Å². The molecule has 0 saturated heterocycles. The number of carbonyl (C=O) groups excluding carboxylic acids is 1. The summed E-state index contributed by atoms with van der Waals surface area (Å²) in [6.07, 6.45) is 3.54. The van der Waals surface area contributed by atoms with Crippen LogP contribution in [0.15, 0.2) is 88.7 Å². The number of benzene rings is 3. The van der Waals surface area contributed by atoms with Crippen molar-refractivity contribution in [3.8, 4) is 17.2 Å². The molecule has 0 spiro atoms. The molecule has 3 aromatic carbocycles. The van der Waals surface area contributed by atoms with E-state index < -0.39 is 12.0 Å². The zero-order valence-corrected chi connectivity index (χ0v) is 29.3. The number of methoxy groups -OCH3 is 2. The maximum atomic E-state index is 14.2. The molecule has 0 bridgehead atoms. The van der Waals surface area contributed by atoms with E-state index in [1.165, 1.54) is 11.3 Å². The van der Waals surface area contributed by atoms with E-state index in [4.69, 9.17) is 23.9 Å². The summed E-state index contributed by atoms with van der Waals surface area (Å²) >= 11 is 5.72. The minimum absolute atomic E-state index is 0.164. The summed E-state index contributed by atoms with van der Waals surface area (Å²) < 4.78 is 26.3. The first-order valence-corrected chi connectivity index (χ1v) is 16.5. The summed E-state index contributed by atoms with van der Waals surface area (Å²) in [4.78, 5) is 33.3. The van der Waals surface area contributed by atoms with Crippen molar-refractivity contribution in [1.82, 2.24) is 4.57 Å². The topological polar surface area (TPSA) is 88.3 Å². The second-order valence-electron chi connectivity index (χ2n) is 9.46. The Hall–Kier alpha value is -3.43. The maximum Gasteiger partial charge on any atom is 0.338 e. The quantitative estimate of drug-likeness (QED) is 0.115. The fraction of sp³-hybridized carbons (Fsp3) is 0.182. The second-order valence-corrected chi connectivity index (χ2v) is 12.8. The maximum absolute atomic E-state index is 14.2. The van der Waals surface area contributed by atoms with Crippen molar-refractivity contribution in [1.29, 1.82) is 0 Å². The van der Waals surface area contributed by atoms with Crippen molar-refractivity contribution >= 4 is 74.3 Å². The highest BCUT2D eigenvalue weighted by atomic mass is 127. The minimum atomic E-state index is -0.836. The Morgan fingerprint density at radius 3 is 2.39 bits per heavy atom. The molecular formula is C33H28I2N2O6S. The van der Waals surface area contributed by atoms with Gasteiger partial charge in [0.1, 0.15) is 12.4 Å². The van der Waals surface area contributed by atoms with Crippen LogP contribution in [0.2, 0.25) is 0 Å². The number of fused-ring (bicyclic) bond motifs is 1. The smallest absolute Gasteiger partial charge is 0.338 e. The van der Waals surface area contributed by atoms with E-state index in [9.17, 15) is 9.59 Å². The van der Waals surface area contributed by atoms with Gasteiger partial charge in [-0.3, -0.25) is 9.36 Å². The van der Waals surface area contributed by atoms with Gasteiger partial charge >= 0.3 is 5.97 Å². The predicted molar refractivity (Wildman–Crippen MR) is 188 cm³/mol. The molecule has 1 aliphatic heterocycles. The molecule has 0 amide bonds. The number of ether oxygens (including phenoxy) is 4. The molecule has 1 atom stereocenters. The van der Waals surface area contributed by atoms with Crippen molar-refractivity contribution in [2.24, 2.45) is 4.99 Å². The molecule has 0 unspecified atom stereocenters. The fourth-order valence-electron chi connectivity index (χ4n) is 4.87. The van der Waals surface area contributed by atoms with Gasteiger partial charge in [-0.2, -0.15) is 0 Å².